The Morgan fingerprint density at radius 2 is 2.05 bits per heavy atom. The van der Waals surface area contributed by atoms with Crippen LogP contribution in [-0.4, -0.2) is 17.4 Å². The average molecular weight is 256 g/mol. The molecule has 0 bridgehead atoms. The van der Waals surface area contributed by atoms with Gasteiger partial charge < -0.3 is 5.32 Å². The van der Waals surface area contributed by atoms with Gasteiger partial charge in [-0.3, -0.25) is 9.78 Å². The van der Waals surface area contributed by atoms with Crippen LogP contribution in [0.25, 0.3) is 10.9 Å². The number of aromatic nitrogens is 1. The van der Waals surface area contributed by atoms with E-state index in [2.05, 4.69) is 24.1 Å². The summed E-state index contributed by atoms with van der Waals surface area (Å²) in [5, 5.41) is 3.89. The third kappa shape index (κ3) is 2.92. The quantitative estimate of drug-likeness (QED) is 0.916. The van der Waals surface area contributed by atoms with Gasteiger partial charge in [0.1, 0.15) is 0 Å². The van der Waals surface area contributed by atoms with Gasteiger partial charge in [-0.25, -0.2) is 0 Å². The fraction of sp³-hybridized carbons (Fsp3) is 0.375. The molecule has 0 fully saturated rings. The Balaban J connectivity index is 2.48. The molecule has 2 aromatic rings. The van der Waals surface area contributed by atoms with Crippen molar-refractivity contribution in [1.82, 2.24) is 10.3 Å². The summed E-state index contributed by atoms with van der Waals surface area (Å²) in [4.78, 5) is 16.8. The van der Waals surface area contributed by atoms with E-state index < -0.39 is 0 Å². The summed E-state index contributed by atoms with van der Waals surface area (Å²) in [5.74, 6) is 0.426. The largest absolute Gasteiger partial charge is 0.352 e. The Labute approximate surface area is 114 Å². The molecule has 0 aliphatic carbocycles. The number of benzene rings is 1. The molecular weight excluding hydrogens is 236 g/mol. The lowest BCUT2D eigenvalue weighted by atomic mass is 10.0. The van der Waals surface area contributed by atoms with E-state index in [-0.39, 0.29) is 5.91 Å². The van der Waals surface area contributed by atoms with Crippen LogP contribution in [0.4, 0.5) is 0 Å². The van der Waals surface area contributed by atoms with Crippen LogP contribution in [0.2, 0.25) is 0 Å². The lowest BCUT2D eigenvalue weighted by Crippen LogP contribution is -2.27. The fourth-order valence-electron chi connectivity index (χ4n) is 2.10. The molecule has 1 aromatic carbocycles. The third-order valence-corrected chi connectivity index (χ3v) is 3.08. The predicted molar refractivity (Wildman–Crippen MR) is 78.4 cm³/mol. The lowest BCUT2D eigenvalue weighted by molar-refractivity contribution is 0.0950. The van der Waals surface area contributed by atoms with Gasteiger partial charge in [0.05, 0.1) is 11.1 Å². The molecule has 1 N–H and O–H groups in total. The second kappa shape index (κ2) is 5.39. The van der Waals surface area contributed by atoms with Crippen molar-refractivity contribution in [1.29, 1.82) is 0 Å². The number of carbonyl (C=O) groups is 1. The highest BCUT2D eigenvalue weighted by molar-refractivity contribution is 6.06. The van der Waals surface area contributed by atoms with Gasteiger partial charge in [-0.1, -0.05) is 32.0 Å². The number of amides is 1. The SMILES string of the molecule is Cc1cc(C(=O)NCC(C)C)c2cccc(C)c2n1. The maximum absolute atomic E-state index is 12.3. The summed E-state index contributed by atoms with van der Waals surface area (Å²) >= 11 is 0. The number of aryl methyl sites for hydroxylation is 2. The molecule has 3 nitrogen and oxygen atoms in total. The molecule has 0 aliphatic heterocycles. The van der Waals surface area contributed by atoms with Crippen LogP contribution >= 0.6 is 0 Å². The maximum atomic E-state index is 12.3. The molecule has 2 rings (SSSR count). The molecule has 0 radical (unpaired) electrons. The molecular formula is C16H20N2O. The molecule has 0 spiro atoms. The third-order valence-electron chi connectivity index (χ3n) is 3.08. The van der Waals surface area contributed by atoms with E-state index in [0.717, 1.165) is 22.2 Å². The summed E-state index contributed by atoms with van der Waals surface area (Å²) < 4.78 is 0. The van der Waals surface area contributed by atoms with Gasteiger partial charge >= 0.3 is 0 Å². The van der Waals surface area contributed by atoms with Gasteiger partial charge in [0.15, 0.2) is 0 Å². The second-order valence-electron chi connectivity index (χ2n) is 5.39. The summed E-state index contributed by atoms with van der Waals surface area (Å²) in [6.07, 6.45) is 0. The molecule has 0 atom stereocenters. The number of hydrogen-bond donors (Lipinski definition) is 1. The first-order valence-electron chi connectivity index (χ1n) is 6.64. The topological polar surface area (TPSA) is 42.0 Å². The lowest BCUT2D eigenvalue weighted by Gasteiger charge is -2.11. The fourth-order valence-corrected chi connectivity index (χ4v) is 2.10. The number of nitrogens with one attached hydrogen (secondary N) is 1. The molecule has 1 aromatic heterocycles. The van der Waals surface area contributed by atoms with Crippen molar-refractivity contribution in [2.75, 3.05) is 6.54 Å². The maximum Gasteiger partial charge on any atom is 0.252 e. The van der Waals surface area contributed by atoms with Crippen molar-refractivity contribution in [2.45, 2.75) is 27.7 Å². The predicted octanol–water partition coefficient (Wildman–Crippen LogP) is 3.24. The Bertz CT molecular complexity index is 617. The highest BCUT2D eigenvalue weighted by atomic mass is 16.1. The van der Waals surface area contributed by atoms with Gasteiger partial charge in [0.2, 0.25) is 0 Å². The molecule has 19 heavy (non-hydrogen) atoms. The normalized spacial score (nSPS) is 11.0. The number of nitrogens with zero attached hydrogens (tertiary/aromatic N) is 1. The van der Waals surface area contributed by atoms with Gasteiger partial charge in [-0.2, -0.15) is 0 Å². The van der Waals surface area contributed by atoms with Crippen LogP contribution in [0.1, 0.15) is 35.5 Å². The van der Waals surface area contributed by atoms with Gasteiger partial charge in [-0.05, 0) is 31.4 Å². The molecule has 1 amide bonds. The van der Waals surface area contributed by atoms with Crippen LogP contribution in [-0.2, 0) is 0 Å². The van der Waals surface area contributed by atoms with E-state index in [0.29, 0.717) is 18.0 Å². The van der Waals surface area contributed by atoms with Crippen LogP contribution < -0.4 is 5.32 Å². The van der Waals surface area contributed by atoms with Crippen molar-refractivity contribution < 1.29 is 4.79 Å². The van der Waals surface area contributed by atoms with Gasteiger partial charge in [-0.15, -0.1) is 0 Å². The monoisotopic (exact) mass is 256 g/mol. The van der Waals surface area contributed by atoms with Crippen molar-refractivity contribution in [3.05, 3.63) is 41.1 Å². The summed E-state index contributed by atoms with van der Waals surface area (Å²) in [6.45, 7) is 8.80. The van der Waals surface area contributed by atoms with Crippen LogP contribution in [0.5, 0.6) is 0 Å². The average Bonchev–Trinajstić information content (AvgIpc) is 2.36. The summed E-state index contributed by atoms with van der Waals surface area (Å²) in [7, 11) is 0. The highest BCUT2D eigenvalue weighted by Gasteiger charge is 2.12. The second-order valence-corrected chi connectivity index (χ2v) is 5.39. The van der Waals surface area contributed by atoms with Gasteiger partial charge in [0, 0.05) is 17.6 Å². The number of rotatable bonds is 3. The first kappa shape index (κ1) is 13.5. The molecule has 3 heteroatoms. The molecule has 0 unspecified atom stereocenters. The van der Waals surface area contributed by atoms with Crippen LogP contribution in [0, 0.1) is 19.8 Å². The first-order chi connectivity index (χ1) is 8.99. The Morgan fingerprint density at radius 1 is 1.32 bits per heavy atom. The Hall–Kier alpha value is -1.90. The summed E-state index contributed by atoms with van der Waals surface area (Å²) in [5.41, 5.74) is 3.60. The molecule has 100 valence electrons. The van der Waals surface area contributed by atoms with Gasteiger partial charge in [0.25, 0.3) is 5.91 Å². The van der Waals surface area contributed by atoms with Crippen molar-refractivity contribution in [2.24, 2.45) is 5.92 Å². The zero-order valence-electron chi connectivity index (χ0n) is 11.9. The molecule has 0 aliphatic rings. The minimum Gasteiger partial charge on any atom is -0.352 e. The smallest absolute Gasteiger partial charge is 0.252 e. The minimum atomic E-state index is -0.0187. The highest BCUT2D eigenvalue weighted by Crippen LogP contribution is 2.21. The Kier molecular flexibility index (Phi) is 3.84. The van der Waals surface area contributed by atoms with Crippen LogP contribution in [0.15, 0.2) is 24.3 Å². The van der Waals surface area contributed by atoms with Crippen molar-refractivity contribution in [3.63, 3.8) is 0 Å². The van der Waals surface area contributed by atoms with E-state index >= 15 is 0 Å². The van der Waals surface area contributed by atoms with E-state index in [9.17, 15) is 4.79 Å². The van der Waals surface area contributed by atoms with Crippen LogP contribution in [0.3, 0.4) is 0 Å². The van der Waals surface area contributed by atoms with Crippen molar-refractivity contribution in [3.8, 4) is 0 Å². The van der Waals surface area contributed by atoms with E-state index in [1.165, 1.54) is 0 Å². The first-order valence-corrected chi connectivity index (χ1v) is 6.64. The molecule has 0 saturated heterocycles. The minimum absolute atomic E-state index is 0.0187. The van der Waals surface area contributed by atoms with E-state index in [1.807, 2.05) is 38.1 Å². The Morgan fingerprint density at radius 3 is 2.74 bits per heavy atom. The standard InChI is InChI=1S/C16H20N2O/c1-10(2)9-17-16(19)14-8-12(4)18-15-11(3)6-5-7-13(14)15/h5-8,10H,9H2,1-4H3,(H,17,19). The number of hydrogen-bond acceptors (Lipinski definition) is 2. The van der Waals surface area contributed by atoms with E-state index in [1.54, 1.807) is 0 Å². The molecule has 1 heterocycles. The number of fused-ring (bicyclic) bond motifs is 1. The number of pyridine rings is 1. The van der Waals surface area contributed by atoms with E-state index in [4.69, 9.17) is 0 Å². The number of para-hydroxylation sites is 1. The van der Waals surface area contributed by atoms with Crippen molar-refractivity contribution >= 4 is 16.8 Å². The number of carbonyl (C=O) groups excluding carboxylic acids is 1. The zero-order chi connectivity index (χ0) is 14.0. The zero-order valence-corrected chi connectivity index (χ0v) is 11.9. The molecule has 0 saturated carbocycles. The summed E-state index contributed by atoms with van der Waals surface area (Å²) in [6, 6.07) is 7.80.